The fourth-order valence-electron chi connectivity index (χ4n) is 2.49. The molecule has 2 atom stereocenters. The summed E-state index contributed by atoms with van der Waals surface area (Å²) >= 11 is 0. The van der Waals surface area contributed by atoms with Gasteiger partial charge in [0.25, 0.3) is 0 Å². The average Bonchev–Trinajstić information content (AvgIpc) is 2.82. The topological polar surface area (TPSA) is 26.3 Å². The average molecular weight is 252 g/mol. The van der Waals surface area contributed by atoms with Gasteiger partial charge in [0.2, 0.25) is 0 Å². The summed E-state index contributed by atoms with van der Waals surface area (Å²) in [7, 11) is 0. The van der Waals surface area contributed by atoms with Gasteiger partial charge in [-0.15, -0.1) is 0 Å². The number of hydrogen-bond donors (Lipinski definition) is 0. The first-order valence-electron chi connectivity index (χ1n) is 6.60. The lowest BCUT2D eigenvalue weighted by Crippen LogP contribution is -2.18. The van der Waals surface area contributed by atoms with Crippen LogP contribution in [0.3, 0.4) is 0 Å². The highest BCUT2D eigenvalue weighted by atomic mass is 16.5. The summed E-state index contributed by atoms with van der Waals surface area (Å²) in [5.41, 5.74) is 2.24. The first-order chi connectivity index (χ1) is 9.33. The summed E-state index contributed by atoms with van der Waals surface area (Å²) in [4.78, 5) is 12.0. The molecule has 1 saturated heterocycles. The van der Waals surface area contributed by atoms with E-state index in [-0.39, 0.29) is 18.0 Å². The predicted molar refractivity (Wildman–Crippen MR) is 73.8 cm³/mol. The Morgan fingerprint density at radius 3 is 2.26 bits per heavy atom. The molecule has 2 aromatic rings. The van der Waals surface area contributed by atoms with Crippen LogP contribution < -0.4 is 0 Å². The molecule has 2 aromatic carbocycles. The van der Waals surface area contributed by atoms with E-state index in [1.54, 1.807) is 0 Å². The molecule has 0 aliphatic carbocycles. The number of Topliss-reactive ketones (excluding diaryl/α,β-unsaturated/α-hetero) is 1. The Balaban J connectivity index is 1.71. The zero-order valence-corrected chi connectivity index (χ0v) is 10.7. The minimum absolute atomic E-state index is 0.0811. The number of hydrogen-bond acceptors (Lipinski definition) is 2. The van der Waals surface area contributed by atoms with Gasteiger partial charge in [-0.1, -0.05) is 60.7 Å². The van der Waals surface area contributed by atoms with Crippen LogP contribution in [0.4, 0.5) is 0 Å². The maximum Gasteiger partial charge on any atom is 0.164 e. The van der Waals surface area contributed by atoms with Crippen molar-refractivity contribution in [1.29, 1.82) is 0 Å². The zero-order chi connectivity index (χ0) is 13.1. The van der Waals surface area contributed by atoms with Crippen LogP contribution in [0.5, 0.6) is 0 Å². The Labute approximate surface area is 113 Å². The maximum absolute atomic E-state index is 12.0. The molecule has 1 heterocycles. The molecule has 2 nitrogen and oxygen atoms in total. The lowest BCUT2D eigenvalue weighted by Gasteiger charge is -2.12. The summed E-state index contributed by atoms with van der Waals surface area (Å²) in [6.07, 6.45) is 0.778. The lowest BCUT2D eigenvalue weighted by atomic mass is 10.0. The SMILES string of the molecule is O=C1C[C@H](c2ccccc2)O[C@@H]1Cc1ccccc1. The molecule has 19 heavy (non-hydrogen) atoms. The standard InChI is InChI=1S/C17H16O2/c18-15-12-16(14-9-5-2-6-10-14)19-17(15)11-13-7-3-1-4-8-13/h1-10,16-17H,11-12H2/t16-,17-/m1/s1. The fraction of sp³-hybridized carbons (Fsp3) is 0.235. The first kappa shape index (κ1) is 12.1. The van der Waals surface area contributed by atoms with Crippen molar-refractivity contribution in [3.8, 4) is 0 Å². The van der Waals surface area contributed by atoms with Crippen molar-refractivity contribution in [1.82, 2.24) is 0 Å². The number of benzene rings is 2. The van der Waals surface area contributed by atoms with Gasteiger partial charge < -0.3 is 4.74 Å². The van der Waals surface area contributed by atoms with Gasteiger partial charge in [0.15, 0.2) is 5.78 Å². The Bertz CT molecular complexity index is 548. The van der Waals surface area contributed by atoms with Gasteiger partial charge in [-0.3, -0.25) is 4.79 Å². The molecule has 96 valence electrons. The second kappa shape index (κ2) is 5.37. The van der Waals surface area contributed by atoms with Crippen LogP contribution in [0.1, 0.15) is 23.7 Å². The molecule has 0 radical (unpaired) electrons. The summed E-state index contributed by atoms with van der Waals surface area (Å²) in [6.45, 7) is 0. The van der Waals surface area contributed by atoms with E-state index in [0.717, 1.165) is 11.1 Å². The quantitative estimate of drug-likeness (QED) is 0.837. The third-order valence-corrected chi connectivity index (χ3v) is 3.51. The molecule has 2 heteroatoms. The number of rotatable bonds is 3. The molecule has 1 fully saturated rings. The molecular weight excluding hydrogens is 236 g/mol. The first-order valence-corrected chi connectivity index (χ1v) is 6.60. The van der Waals surface area contributed by atoms with Gasteiger partial charge in [-0.2, -0.15) is 0 Å². The maximum atomic E-state index is 12.0. The van der Waals surface area contributed by atoms with Crippen molar-refractivity contribution in [2.24, 2.45) is 0 Å². The molecular formula is C17H16O2. The monoisotopic (exact) mass is 252 g/mol. The number of ketones is 1. The minimum atomic E-state index is -0.299. The third-order valence-electron chi connectivity index (χ3n) is 3.51. The van der Waals surface area contributed by atoms with E-state index in [4.69, 9.17) is 4.74 Å². The van der Waals surface area contributed by atoms with Crippen LogP contribution in [0, 0.1) is 0 Å². The van der Waals surface area contributed by atoms with Gasteiger partial charge in [0, 0.05) is 12.8 Å². The van der Waals surface area contributed by atoms with E-state index in [1.165, 1.54) is 0 Å². The van der Waals surface area contributed by atoms with E-state index in [1.807, 2.05) is 60.7 Å². The van der Waals surface area contributed by atoms with Crippen molar-refractivity contribution in [3.05, 3.63) is 71.8 Å². The minimum Gasteiger partial charge on any atom is -0.362 e. The Hall–Kier alpha value is -1.93. The lowest BCUT2D eigenvalue weighted by molar-refractivity contribution is -0.122. The van der Waals surface area contributed by atoms with Crippen LogP contribution in [-0.4, -0.2) is 11.9 Å². The molecule has 0 saturated carbocycles. The molecule has 0 bridgehead atoms. The Morgan fingerprint density at radius 1 is 0.947 bits per heavy atom. The van der Waals surface area contributed by atoms with E-state index in [2.05, 4.69) is 0 Å². The van der Waals surface area contributed by atoms with Crippen LogP contribution in [0.2, 0.25) is 0 Å². The predicted octanol–water partition coefficient (Wildman–Crippen LogP) is 3.33. The van der Waals surface area contributed by atoms with Crippen molar-refractivity contribution < 1.29 is 9.53 Å². The number of carbonyl (C=O) groups excluding carboxylic acids is 1. The van der Waals surface area contributed by atoms with Gasteiger partial charge in [0.05, 0.1) is 6.10 Å². The van der Waals surface area contributed by atoms with E-state index in [9.17, 15) is 4.79 Å². The number of carbonyl (C=O) groups is 1. The molecule has 0 amide bonds. The van der Waals surface area contributed by atoms with Crippen LogP contribution in [-0.2, 0) is 16.0 Å². The molecule has 0 spiro atoms. The van der Waals surface area contributed by atoms with Crippen molar-refractivity contribution in [2.75, 3.05) is 0 Å². The van der Waals surface area contributed by atoms with Gasteiger partial charge in [0.1, 0.15) is 6.10 Å². The van der Waals surface area contributed by atoms with Crippen molar-refractivity contribution in [3.63, 3.8) is 0 Å². The zero-order valence-electron chi connectivity index (χ0n) is 10.7. The van der Waals surface area contributed by atoms with Crippen LogP contribution in [0.15, 0.2) is 60.7 Å². The molecule has 3 rings (SSSR count). The molecule has 0 unspecified atom stereocenters. The van der Waals surface area contributed by atoms with E-state index < -0.39 is 0 Å². The van der Waals surface area contributed by atoms with Crippen molar-refractivity contribution in [2.45, 2.75) is 25.0 Å². The summed E-state index contributed by atoms with van der Waals surface area (Å²) in [5.74, 6) is 0.206. The highest BCUT2D eigenvalue weighted by Crippen LogP contribution is 2.31. The van der Waals surface area contributed by atoms with Crippen LogP contribution in [0.25, 0.3) is 0 Å². The van der Waals surface area contributed by atoms with E-state index in [0.29, 0.717) is 12.8 Å². The highest BCUT2D eigenvalue weighted by Gasteiger charge is 2.33. The normalized spacial score (nSPS) is 22.6. The molecule has 0 N–H and O–H groups in total. The summed E-state index contributed by atoms with van der Waals surface area (Å²) in [6, 6.07) is 20.0. The number of ether oxygens (including phenoxy) is 1. The Kier molecular flexibility index (Phi) is 3.43. The van der Waals surface area contributed by atoms with Gasteiger partial charge >= 0.3 is 0 Å². The van der Waals surface area contributed by atoms with Gasteiger partial charge in [-0.05, 0) is 11.1 Å². The van der Waals surface area contributed by atoms with E-state index >= 15 is 0 Å². The van der Waals surface area contributed by atoms with Crippen LogP contribution >= 0.6 is 0 Å². The Morgan fingerprint density at radius 2 is 1.58 bits per heavy atom. The second-order valence-corrected chi connectivity index (χ2v) is 4.88. The van der Waals surface area contributed by atoms with Gasteiger partial charge in [-0.25, -0.2) is 0 Å². The molecule has 1 aliphatic heterocycles. The summed E-state index contributed by atoms with van der Waals surface area (Å²) in [5, 5.41) is 0. The molecule has 0 aromatic heterocycles. The second-order valence-electron chi connectivity index (χ2n) is 4.88. The third kappa shape index (κ3) is 2.74. The largest absolute Gasteiger partial charge is 0.362 e. The fourth-order valence-corrected chi connectivity index (χ4v) is 2.49. The molecule has 1 aliphatic rings. The highest BCUT2D eigenvalue weighted by molar-refractivity contribution is 5.85. The summed E-state index contributed by atoms with van der Waals surface area (Å²) < 4.78 is 5.91. The van der Waals surface area contributed by atoms with Crippen molar-refractivity contribution >= 4 is 5.78 Å². The smallest absolute Gasteiger partial charge is 0.164 e.